The maximum Gasteiger partial charge on any atom is 0.407 e. The molecule has 0 saturated heterocycles. The summed E-state index contributed by atoms with van der Waals surface area (Å²) in [7, 11) is 0. The molecular formula is C15H28N6O2. The molecule has 1 aromatic heterocycles. The van der Waals surface area contributed by atoms with Gasteiger partial charge in [0.05, 0.1) is 0 Å². The van der Waals surface area contributed by atoms with Gasteiger partial charge in [-0.05, 0) is 27.2 Å². The van der Waals surface area contributed by atoms with Crippen molar-refractivity contribution in [3.63, 3.8) is 0 Å². The second kappa shape index (κ2) is 9.12. The fourth-order valence-corrected chi connectivity index (χ4v) is 1.63. The molecule has 0 radical (unpaired) electrons. The van der Waals surface area contributed by atoms with E-state index in [2.05, 4.69) is 37.8 Å². The number of hydrogen-bond donors (Lipinski definition) is 3. The van der Waals surface area contributed by atoms with E-state index >= 15 is 0 Å². The van der Waals surface area contributed by atoms with Gasteiger partial charge in [0.25, 0.3) is 0 Å². The van der Waals surface area contributed by atoms with E-state index in [1.807, 2.05) is 27.7 Å². The van der Waals surface area contributed by atoms with Gasteiger partial charge in [-0.3, -0.25) is 0 Å². The molecular weight excluding hydrogens is 296 g/mol. The van der Waals surface area contributed by atoms with Crippen LogP contribution in [0.4, 0.5) is 16.7 Å². The van der Waals surface area contributed by atoms with Crippen LogP contribution >= 0.6 is 0 Å². The van der Waals surface area contributed by atoms with Crippen molar-refractivity contribution >= 4 is 18.0 Å². The molecule has 0 saturated carbocycles. The van der Waals surface area contributed by atoms with E-state index < -0.39 is 11.7 Å². The number of nitrogens with zero attached hydrogens (tertiary/aromatic N) is 3. The molecule has 130 valence electrons. The summed E-state index contributed by atoms with van der Waals surface area (Å²) in [6, 6.07) is 0. The van der Waals surface area contributed by atoms with Crippen molar-refractivity contribution in [3.8, 4) is 0 Å². The second-order valence-corrected chi connectivity index (χ2v) is 6.03. The zero-order valence-electron chi connectivity index (χ0n) is 14.7. The van der Waals surface area contributed by atoms with Gasteiger partial charge in [0.1, 0.15) is 11.4 Å². The minimum Gasteiger partial charge on any atom is -0.444 e. The summed E-state index contributed by atoms with van der Waals surface area (Å²) in [4.78, 5) is 24.5. The molecule has 1 heterocycles. The lowest BCUT2D eigenvalue weighted by Crippen LogP contribution is -2.35. The van der Waals surface area contributed by atoms with Gasteiger partial charge < -0.3 is 20.7 Å². The SMILES string of the molecule is CCCNc1nc(CC)nc(NCCNC(=O)OC(C)(C)C)n1. The number of rotatable bonds is 8. The summed E-state index contributed by atoms with van der Waals surface area (Å²) < 4.78 is 5.16. The largest absolute Gasteiger partial charge is 0.444 e. The van der Waals surface area contributed by atoms with Crippen molar-refractivity contribution in [2.24, 2.45) is 0 Å². The molecule has 0 atom stereocenters. The highest BCUT2D eigenvalue weighted by atomic mass is 16.6. The predicted molar refractivity (Wildman–Crippen MR) is 90.7 cm³/mol. The maximum atomic E-state index is 11.5. The number of nitrogens with one attached hydrogen (secondary N) is 3. The fourth-order valence-electron chi connectivity index (χ4n) is 1.63. The molecule has 8 heteroatoms. The number of alkyl carbamates (subject to hydrolysis) is 1. The van der Waals surface area contributed by atoms with Gasteiger partial charge in [0.2, 0.25) is 11.9 Å². The molecule has 0 aliphatic carbocycles. The molecule has 0 unspecified atom stereocenters. The fraction of sp³-hybridized carbons (Fsp3) is 0.733. The van der Waals surface area contributed by atoms with E-state index in [-0.39, 0.29) is 0 Å². The Balaban J connectivity index is 2.46. The molecule has 0 spiro atoms. The smallest absolute Gasteiger partial charge is 0.407 e. The van der Waals surface area contributed by atoms with Gasteiger partial charge in [0.15, 0.2) is 0 Å². The lowest BCUT2D eigenvalue weighted by Gasteiger charge is -2.19. The van der Waals surface area contributed by atoms with E-state index in [0.29, 0.717) is 25.0 Å². The van der Waals surface area contributed by atoms with Crippen molar-refractivity contribution in [1.29, 1.82) is 0 Å². The zero-order chi connectivity index (χ0) is 17.3. The molecule has 3 N–H and O–H groups in total. The first kappa shape index (κ1) is 18.9. The Bertz CT molecular complexity index is 501. The summed E-state index contributed by atoms with van der Waals surface area (Å²) in [5, 5.41) is 8.91. The standard InChI is InChI=1S/C15H28N6O2/c1-6-8-16-12-19-11(7-2)20-13(21-12)17-9-10-18-14(22)23-15(3,4)5/h6-10H2,1-5H3,(H,18,22)(H2,16,17,19,20,21). The maximum absolute atomic E-state index is 11.5. The van der Waals surface area contributed by atoms with Gasteiger partial charge in [-0.15, -0.1) is 0 Å². The molecule has 1 amide bonds. The first-order valence-electron chi connectivity index (χ1n) is 8.03. The third kappa shape index (κ3) is 8.18. The molecule has 0 bridgehead atoms. The Labute approximate surface area is 137 Å². The third-order valence-corrected chi connectivity index (χ3v) is 2.61. The Kier molecular flexibility index (Phi) is 7.50. The van der Waals surface area contributed by atoms with Crippen LogP contribution < -0.4 is 16.0 Å². The van der Waals surface area contributed by atoms with Crippen LogP contribution in [0.15, 0.2) is 0 Å². The summed E-state index contributed by atoms with van der Waals surface area (Å²) in [5.41, 5.74) is -0.498. The van der Waals surface area contributed by atoms with Gasteiger partial charge in [-0.2, -0.15) is 15.0 Å². The number of aromatic nitrogens is 3. The summed E-state index contributed by atoms with van der Waals surface area (Å²) >= 11 is 0. The van der Waals surface area contributed by atoms with Crippen molar-refractivity contribution in [2.75, 3.05) is 30.3 Å². The van der Waals surface area contributed by atoms with Crippen LogP contribution in [0.2, 0.25) is 0 Å². The van der Waals surface area contributed by atoms with Crippen LogP contribution in [-0.2, 0) is 11.2 Å². The van der Waals surface area contributed by atoms with E-state index in [1.165, 1.54) is 0 Å². The number of hydrogen-bond acceptors (Lipinski definition) is 7. The van der Waals surface area contributed by atoms with E-state index in [1.54, 1.807) is 0 Å². The van der Waals surface area contributed by atoms with E-state index in [9.17, 15) is 4.79 Å². The second-order valence-electron chi connectivity index (χ2n) is 6.03. The zero-order valence-corrected chi connectivity index (χ0v) is 14.7. The highest BCUT2D eigenvalue weighted by Gasteiger charge is 2.15. The average molecular weight is 324 g/mol. The Morgan fingerprint density at radius 2 is 1.61 bits per heavy atom. The lowest BCUT2D eigenvalue weighted by atomic mass is 10.2. The van der Waals surface area contributed by atoms with Crippen molar-refractivity contribution in [2.45, 2.75) is 53.1 Å². The highest BCUT2D eigenvalue weighted by Crippen LogP contribution is 2.07. The molecule has 1 rings (SSSR count). The van der Waals surface area contributed by atoms with Gasteiger partial charge in [-0.1, -0.05) is 13.8 Å². The molecule has 23 heavy (non-hydrogen) atoms. The summed E-state index contributed by atoms with van der Waals surface area (Å²) in [6.07, 6.45) is 1.29. The Morgan fingerprint density at radius 3 is 2.13 bits per heavy atom. The first-order valence-corrected chi connectivity index (χ1v) is 8.03. The quantitative estimate of drug-likeness (QED) is 0.630. The molecule has 0 aliphatic rings. The van der Waals surface area contributed by atoms with Gasteiger partial charge in [0, 0.05) is 26.1 Å². The van der Waals surface area contributed by atoms with Gasteiger partial charge in [-0.25, -0.2) is 4.79 Å². The molecule has 0 fully saturated rings. The van der Waals surface area contributed by atoms with E-state index in [0.717, 1.165) is 25.2 Å². The van der Waals surface area contributed by atoms with Crippen LogP contribution in [0.1, 0.15) is 46.9 Å². The molecule has 0 aliphatic heterocycles. The van der Waals surface area contributed by atoms with Crippen LogP contribution in [-0.4, -0.2) is 46.3 Å². The molecule has 1 aromatic rings. The number of aryl methyl sites for hydroxylation is 1. The minimum absolute atomic E-state index is 0.416. The minimum atomic E-state index is -0.498. The number of carbonyl (C=O) groups excluding carboxylic acids is 1. The van der Waals surface area contributed by atoms with Crippen molar-refractivity contribution in [3.05, 3.63) is 5.82 Å². The molecule has 0 aromatic carbocycles. The number of ether oxygens (including phenoxy) is 1. The first-order chi connectivity index (χ1) is 10.8. The Morgan fingerprint density at radius 1 is 1.00 bits per heavy atom. The lowest BCUT2D eigenvalue weighted by molar-refractivity contribution is 0.0530. The van der Waals surface area contributed by atoms with Crippen LogP contribution in [0.5, 0.6) is 0 Å². The normalized spacial score (nSPS) is 11.0. The van der Waals surface area contributed by atoms with Gasteiger partial charge >= 0.3 is 6.09 Å². The summed E-state index contributed by atoms with van der Waals surface area (Å²) in [5.74, 6) is 1.80. The molecule has 8 nitrogen and oxygen atoms in total. The number of carbonyl (C=O) groups is 1. The highest BCUT2D eigenvalue weighted by molar-refractivity contribution is 5.67. The van der Waals surface area contributed by atoms with Crippen LogP contribution in [0, 0.1) is 0 Å². The number of anilines is 2. The van der Waals surface area contributed by atoms with Crippen LogP contribution in [0.25, 0.3) is 0 Å². The van der Waals surface area contributed by atoms with E-state index in [4.69, 9.17) is 4.74 Å². The predicted octanol–water partition coefficient (Wildman–Crippen LogP) is 2.19. The number of amides is 1. The third-order valence-electron chi connectivity index (χ3n) is 2.61. The van der Waals surface area contributed by atoms with Crippen molar-refractivity contribution < 1.29 is 9.53 Å². The monoisotopic (exact) mass is 324 g/mol. The Hall–Kier alpha value is -2.12. The average Bonchev–Trinajstić information content (AvgIpc) is 2.47. The topological polar surface area (TPSA) is 101 Å². The summed E-state index contributed by atoms with van der Waals surface area (Å²) in [6.45, 7) is 11.3. The van der Waals surface area contributed by atoms with Crippen molar-refractivity contribution in [1.82, 2.24) is 20.3 Å². The van der Waals surface area contributed by atoms with Crippen LogP contribution in [0.3, 0.4) is 0 Å².